The molecule has 0 spiro atoms. The molecule has 11 aromatic rings. The third-order valence-corrected chi connectivity index (χ3v) is 13.2. The number of aliphatic imine (C=N–C) groups is 1. The summed E-state index contributed by atoms with van der Waals surface area (Å²) >= 11 is 2.84. The Bertz CT molecular complexity index is 3570. The van der Waals surface area contributed by atoms with Crippen LogP contribution in [0.15, 0.2) is 187 Å². The molecule has 0 bridgehead atoms. The van der Waals surface area contributed by atoms with E-state index in [0.29, 0.717) is 10.1 Å². The summed E-state index contributed by atoms with van der Waals surface area (Å²) in [4.78, 5) is 14.9. The minimum Gasteiger partial charge on any atom is -0.293 e. The molecule has 0 atom stereocenters. The van der Waals surface area contributed by atoms with Crippen LogP contribution in [0.5, 0.6) is 0 Å². The maximum atomic E-state index is 9.21. The zero-order chi connectivity index (χ0) is 40.9. The minimum absolute atomic E-state index is 0.389. The fourth-order valence-electron chi connectivity index (χ4n) is 8.27. The maximum absolute atomic E-state index is 9.21. The van der Waals surface area contributed by atoms with Gasteiger partial charge in [0.05, 0.1) is 17.1 Å². The van der Waals surface area contributed by atoms with Crippen molar-refractivity contribution in [3.8, 4) is 43.8 Å². The Morgan fingerprint density at radius 2 is 1.03 bits per heavy atom. The molecule has 6 nitrogen and oxygen atoms in total. The first-order valence-corrected chi connectivity index (χ1v) is 21.6. The second kappa shape index (κ2) is 15.3. The summed E-state index contributed by atoms with van der Waals surface area (Å²) in [5.41, 5.74) is 7.20. The van der Waals surface area contributed by atoms with E-state index in [1.165, 1.54) is 60.8 Å². The summed E-state index contributed by atoms with van der Waals surface area (Å²) in [5.74, 6) is 0. The van der Waals surface area contributed by atoms with Gasteiger partial charge in [-0.25, -0.2) is 9.97 Å². The highest BCUT2D eigenvalue weighted by molar-refractivity contribution is 8.27. The van der Waals surface area contributed by atoms with Gasteiger partial charge >= 0.3 is 0 Å². The fourth-order valence-corrected chi connectivity index (χ4v) is 9.83. The number of thioether (sulfide) groups is 1. The van der Waals surface area contributed by atoms with Crippen LogP contribution in [0.3, 0.4) is 0 Å². The Hall–Kier alpha value is -7.39. The van der Waals surface area contributed by atoms with Gasteiger partial charge in [-0.1, -0.05) is 145 Å². The molecule has 61 heavy (non-hydrogen) atoms. The molecule has 0 aliphatic carbocycles. The van der Waals surface area contributed by atoms with Crippen LogP contribution in [0.1, 0.15) is 11.3 Å². The van der Waals surface area contributed by atoms with Gasteiger partial charge in [0, 0.05) is 29.3 Å². The highest BCUT2D eigenvalue weighted by atomic mass is 32.2. The molecule has 8 aromatic carbocycles. The van der Waals surface area contributed by atoms with Gasteiger partial charge in [-0.3, -0.25) is 10.4 Å². The summed E-state index contributed by atoms with van der Waals surface area (Å²) in [5, 5.41) is 32.7. The van der Waals surface area contributed by atoms with Crippen molar-refractivity contribution in [3.05, 3.63) is 193 Å². The lowest BCUT2D eigenvalue weighted by Crippen LogP contribution is -2.05. The maximum Gasteiger partial charge on any atom is 0.166 e. The molecular weight excluding hydrogens is 785 g/mol. The molecule has 3 aromatic heterocycles. The average Bonchev–Trinajstić information content (AvgIpc) is 3.83. The first-order chi connectivity index (χ1) is 30.1. The van der Waals surface area contributed by atoms with Crippen LogP contribution in [-0.4, -0.2) is 37.3 Å². The van der Waals surface area contributed by atoms with Crippen LogP contribution in [0.4, 0.5) is 0 Å². The second-order valence-corrected chi connectivity index (χ2v) is 16.8. The quantitative estimate of drug-likeness (QED) is 0.103. The zero-order valence-corrected chi connectivity index (χ0v) is 34.5. The number of aromatic nitrogens is 4. The Balaban J connectivity index is 0.862. The molecule has 0 radical (unpaired) electrons. The monoisotopic (exact) mass is 818 g/mol. The van der Waals surface area contributed by atoms with Crippen LogP contribution < -0.4 is 0 Å². The van der Waals surface area contributed by atoms with Crippen LogP contribution in [0.2, 0.25) is 0 Å². The lowest BCUT2D eigenvalue weighted by Gasteiger charge is -2.12. The van der Waals surface area contributed by atoms with Crippen LogP contribution in [0.25, 0.3) is 97.6 Å². The van der Waals surface area contributed by atoms with Crippen LogP contribution in [-0.2, 0) is 0 Å². The van der Waals surface area contributed by atoms with Gasteiger partial charge in [0.15, 0.2) is 5.01 Å². The fraction of sp³-hybridized carbons (Fsp3) is 0.0189. The normalized spacial score (nSPS) is 11.9. The molecule has 0 fully saturated rings. The number of nitrogens with one attached hydrogen (secondary N) is 1. The van der Waals surface area contributed by atoms with Gasteiger partial charge < -0.3 is 0 Å². The van der Waals surface area contributed by atoms with E-state index in [1.54, 1.807) is 7.05 Å². The van der Waals surface area contributed by atoms with E-state index in [1.807, 2.05) is 36.4 Å². The SMILES string of the molecule is CN=C(SC(=N)c1ccc2ccc(-c3nnc(-c4cccc(-c5cc6ccccc6c6ccccc56)n4)s3)cc2c1)c1cccc(-c2cc3ccccc3c3ccccc23)n1. The third-order valence-electron chi connectivity index (χ3n) is 11.2. The van der Waals surface area contributed by atoms with E-state index in [-0.39, 0.29) is 0 Å². The molecule has 0 saturated heterocycles. The summed E-state index contributed by atoms with van der Waals surface area (Å²) in [7, 11) is 1.76. The van der Waals surface area contributed by atoms with Gasteiger partial charge in [-0.2, -0.15) is 0 Å². The predicted octanol–water partition coefficient (Wildman–Crippen LogP) is 13.9. The lowest BCUT2D eigenvalue weighted by atomic mass is 9.95. The summed E-state index contributed by atoms with van der Waals surface area (Å²) in [6.07, 6.45) is 0. The molecule has 11 rings (SSSR count). The molecular formula is C53H34N6S2. The van der Waals surface area contributed by atoms with Gasteiger partial charge in [-0.05, 0) is 114 Å². The van der Waals surface area contributed by atoms with E-state index in [9.17, 15) is 5.41 Å². The van der Waals surface area contributed by atoms with Crippen LogP contribution in [0, 0.1) is 5.41 Å². The lowest BCUT2D eigenvalue weighted by molar-refractivity contribution is 1.09. The van der Waals surface area contributed by atoms with Gasteiger partial charge in [0.1, 0.15) is 20.8 Å². The van der Waals surface area contributed by atoms with Crippen molar-refractivity contribution in [2.75, 3.05) is 7.05 Å². The number of hydrogen-bond acceptors (Lipinski definition) is 8. The van der Waals surface area contributed by atoms with Gasteiger partial charge in [0.25, 0.3) is 0 Å². The Morgan fingerprint density at radius 1 is 0.475 bits per heavy atom. The van der Waals surface area contributed by atoms with Crippen molar-refractivity contribution >= 4 is 87.0 Å². The third kappa shape index (κ3) is 6.72. The summed E-state index contributed by atoms with van der Waals surface area (Å²) in [6, 6.07) is 63.0. The van der Waals surface area contributed by atoms with Crippen LogP contribution >= 0.6 is 23.1 Å². The van der Waals surface area contributed by atoms with E-state index < -0.39 is 0 Å². The first-order valence-electron chi connectivity index (χ1n) is 20.0. The highest BCUT2D eigenvalue weighted by Gasteiger charge is 2.17. The minimum atomic E-state index is 0.389. The number of hydrogen-bond donors (Lipinski definition) is 1. The number of nitrogens with zero attached hydrogens (tertiary/aromatic N) is 5. The summed E-state index contributed by atoms with van der Waals surface area (Å²) in [6.45, 7) is 0. The average molecular weight is 819 g/mol. The molecule has 8 heteroatoms. The molecule has 0 unspecified atom stereocenters. The van der Waals surface area contributed by atoms with Crippen molar-refractivity contribution in [2.24, 2.45) is 4.99 Å². The van der Waals surface area contributed by atoms with Crippen molar-refractivity contribution in [3.63, 3.8) is 0 Å². The second-order valence-electron chi connectivity index (χ2n) is 14.8. The molecule has 0 aliphatic rings. The van der Waals surface area contributed by atoms with E-state index in [2.05, 4.69) is 161 Å². The van der Waals surface area contributed by atoms with Gasteiger partial charge in [0.2, 0.25) is 0 Å². The Kier molecular flexibility index (Phi) is 9.22. The smallest absolute Gasteiger partial charge is 0.166 e. The molecule has 1 N–H and O–H groups in total. The molecule has 288 valence electrons. The standard InChI is InChI=1S/C53H34N6S2/c1-55-52(48-22-10-20-46(56-48)44-30-33-12-2-4-14-38(33)40-16-6-8-18-42(40)44)60-50(54)35-26-24-32-25-27-36(29-37(32)28-35)51-58-59-53(61-51)49-23-11-21-47(57-49)45-31-34-13-3-5-15-39(34)41-17-7-9-19-43(41)45/h2-31,54H,1H3. The number of benzene rings is 8. The number of fused-ring (bicyclic) bond motifs is 7. The highest BCUT2D eigenvalue weighted by Crippen LogP contribution is 2.38. The number of pyridine rings is 2. The van der Waals surface area contributed by atoms with E-state index >= 15 is 0 Å². The zero-order valence-electron chi connectivity index (χ0n) is 32.9. The molecule has 3 heterocycles. The van der Waals surface area contributed by atoms with E-state index in [4.69, 9.17) is 9.97 Å². The molecule has 0 amide bonds. The first kappa shape index (κ1) is 36.7. The summed E-state index contributed by atoms with van der Waals surface area (Å²) < 4.78 is 0. The van der Waals surface area contributed by atoms with E-state index in [0.717, 1.165) is 71.2 Å². The van der Waals surface area contributed by atoms with Crippen molar-refractivity contribution in [1.82, 2.24) is 20.2 Å². The largest absolute Gasteiger partial charge is 0.293 e. The Morgan fingerprint density at radius 3 is 1.70 bits per heavy atom. The molecule has 0 aliphatic heterocycles. The predicted molar refractivity (Wildman–Crippen MR) is 258 cm³/mol. The van der Waals surface area contributed by atoms with Crippen molar-refractivity contribution in [1.29, 1.82) is 5.41 Å². The number of rotatable bonds is 6. The Labute approximate surface area is 359 Å². The topological polar surface area (TPSA) is 87.8 Å². The van der Waals surface area contributed by atoms with Gasteiger partial charge in [-0.15, -0.1) is 10.2 Å². The molecule has 0 saturated carbocycles. The van der Waals surface area contributed by atoms with Crippen molar-refractivity contribution < 1.29 is 0 Å². The van der Waals surface area contributed by atoms with Crippen molar-refractivity contribution in [2.45, 2.75) is 0 Å².